The highest BCUT2D eigenvalue weighted by atomic mass is 16.5. The van der Waals surface area contributed by atoms with E-state index < -0.39 is 0 Å². The summed E-state index contributed by atoms with van der Waals surface area (Å²) in [6.07, 6.45) is 2.48. The minimum absolute atomic E-state index is 0.165. The largest absolute Gasteiger partial charge is 0.497 e. The van der Waals surface area contributed by atoms with Crippen LogP contribution >= 0.6 is 0 Å². The van der Waals surface area contributed by atoms with E-state index in [0.29, 0.717) is 18.1 Å². The van der Waals surface area contributed by atoms with Crippen LogP contribution in [0.5, 0.6) is 5.75 Å². The normalized spacial score (nSPS) is 12.4. The predicted octanol–water partition coefficient (Wildman–Crippen LogP) is 2.47. The fourth-order valence-corrected chi connectivity index (χ4v) is 1.85. The molecule has 0 fully saturated rings. The maximum Gasteiger partial charge on any atom is 0.243 e. The second-order valence-corrected chi connectivity index (χ2v) is 4.47. The van der Waals surface area contributed by atoms with Gasteiger partial charge in [0.15, 0.2) is 5.82 Å². The van der Waals surface area contributed by atoms with Gasteiger partial charge < -0.3 is 15.0 Å². The molecule has 0 bridgehead atoms. The van der Waals surface area contributed by atoms with Crippen molar-refractivity contribution in [2.75, 3.05) is 7.11 Å². The molecule has 0 aliphatic heterocycles. The van der Waals surface area contributed by atoms with Crippen LogP contribution in [-0.2, 0) is 6.42 Å². The summed E-state index contributed by atoms with van der Waals surface area (Å²) in [5.41, 5.74) is 7.05. The molecule has 0 unspecified atom stereocenters. The van der Waals surface area contributed by atoms with Crippen LogP contribution < -0.4 is 10.5 Å². The summed E-state index contributed by atoms with van der Waals surface area (Å²) >= 11 is 0. The van der Waals surface area contributed by atoms with Gasteiger partial charge in [-0.05, 0) is 24.1 Å². The highest BCUT2D eigenvalue weighted by Gasteiger charge is 2.13. The van der Waals surface area contributed by atoms with Crippen LogP contribution in [0.3, 0.4) is 0 Å². The molecule has 0 aliphatic carbocycles. The van der Waals surface area contributed by atoms with Crippen molar-refractivity contribution in [1.82, 2.24) is 10.1 Å². The van der Waals surface area contributed by atoms with Gasteiger partial charge in [-0.2, -0.15) is 4.98 Å². The number of rotatable bonds is 6. The van der Waals surface area contributed by atoms with Crippen LogP contribution in [0.1, 0.15) is 43.1 Å². The van der Waals surface area contributed by atoms with Gasteiger partial charge in [0, 0.05) is 6.42 Å². The Morgan fingerprint density at radius 3 is 2.68 bits per heavy atom. The Bertz CT molecular complexity index is 508. The van der Waals surface area contributed by atoms with Gasteiger partial charge in [0.1, 0.15) is 5.75 Å². The third kappa shape index (κ3) is 3.54. The molecule has 1 aromatic carbocycles. The van der Waals surface area contributed by atoms with Gasteiger partial charge in [0.2, 0.25) is 5.89 Å². The van der Waals surface area contributed by atoms with E-state index >= 15 is 0 Å². The van der Waals surface area contributed by atoms with Crippen LogP contribution in [0.2, 0.25) is 0 Å². The minimum Gasteiger partial charge on any atom is -0.497 e. The number of ether oxygens (including phenoxy) is 1. The molecule has 5 nitrogen and oxygen atoms in total. The van der Waals surface area contributed by atoms with Gasteiger partial charge in [-0.1, -0.05) is 30.6 Å². The van der Waals surface area contributed by atoms with Crippen molar-refractivity contribution in [2.45, 2.75) is 32.2 Å². The van der Waals surface area contributed by atoms with E-state index in [1.54, 1.807) is 7.11 Å². The average Bonchev–Trinajstić information content (AvgIpc) is 2.88. The average molecular weight is 261 g/mol. The van der Waals surface area contributed by atoms with E-state index in [1.807, 2.05) is 24.3 Å². The number of hydrogen-bond acceptors (Lipinski definition) is 5. The molecule has 2 rings (SSSR count). The van der Waals surface area contributed by atoms with Crippen molar-refractivity contribution in [1.29, 1.82) is 0 Å². The molecule has 1 atom stereocenters. The first-order valence-electron chi connectivity index (χ1n) is 6.44. The highest BCUT2D eigenvalue weighted by Crippen LogP contribution is 2.16. The smallest absolute Gasteiger partial charge is 0.243 e. The lowest BCUT2D eigenvalue weighted by molar-refractivity contribution is 0.345. The van der Waals surface area contributed by atoms with Gasteiger partial charge >= 0.3 is 0 Å². The Kier molecular flexibility index (Phi) is 4.52. The molecule has 2 N–H and O–H groups in total. The van der Waals surface area contributed by atoms with Crippen LogP contribution in [0, 0.1) is 0 Å². The van der Waals surface area contributed by atoms with Crippen molar-refractivity contribution < 1.29 is 9.26 Å². The van der Waals surface area contributed by atoms with Crippen molar-refractivity contribution in [3.05, 3.63) is 41.5 Å². The van der Waals surface area contributed by atoms with Crippen molar-refractivity contribution in [3.63, 3.8) is 0 Å². The second kappa shape index (κ2) is 6.33. The second-order valence-electron chi connectivity index (χ2n) is 4.47. The Morgan fingerprint density at radius 2 is 2.05 bits per heavy atom. The standard InChI is InChI=1S/C14H19N3O2/c1-3-4-12(15)14-16-13(17-19-14)9-10-5-7-11(18-2)8-6-10/h5-8,12H,3-4,9,15H2,1-2H3/t12-/m1/s1. The van der Waals surface area contributed by atoms with Gasteiger partial charge in [0.25, 0.3) is 0 Å². The van der Waals surface area contributed by atoms with Gasteiger partial charge in [-0.25, -0.2) is 0 Å². The van der Waals surface area contributed by atoms with Crippen LogP contribution in [0.15, 0.2) is 28.8 Å². The van der Waals surface area contributed by atoms with Gasteiger partial charge in [-0.15, -0.1) is 0 Å². The monoisotopic (exact) mass is 261 g/mol. The zero-order valence-corrected chi connectivity index (χ0v) is 11.3. The predicted molar refractivity (Wildman–Crippen MR) is 71.9 cm³/mol. The molecular weight excluding hydrogens is 242 g/mol. The summed E-state index contributed by atoms with van der Waals surface area (Å²) < 4.78 is 10.3. The first-order valence-corrected chi connectivity index (χ1v) is 6.44. The molecule has 0 spiro atoms. The number of aromatic nitrogens is 2. The van der Waals surface area contributed by atoms with E-state index in [0.717, 1.165) is 24.2 Å². The summed E-state index contributed by atoms with van der Waals surface area (Å²) in [6.45, 7) is 2.08. The van der Waals surface area contributed by atoms with E-state index in [2.05, 4.69) is 17.1 Å². The molecule has 1 heterocycles. The Balaban J connectivity index is 2.02. The molecule has 102 valence electrons. The lowest BCUT2D eigenvalue weighted by atomic mass is 10.1. The van der Waals surface area contributed by atoms with E-state index in [4.69, 9.17) is 15.0 Å². The summed E-state index contributed by atoms with van der Waals surface area (Å²) in [5, 5.41) is 3.96. The van der Waals surface area contributed by atoms with Crippen LogP contribution in [0.25, 0.3) is 0 Å². The number of methoxy groups -OCH3 is 1. The maximum atomic E-state index is 5.94. The molecule has 0 saturated carbocycles. The Morgan fingerprint density at radius 1 is 1.32 bits per heavy atom. The number of nitrogens with zero attached hydrogens (tertiary/aromatic N) is 2. The van der Waals surface area contributed by atoms with E-state index in [1.165, 1.54) is 0 Å². The quantitative estimate of drug-likeness (QED) is 0.864. The number of nitrogens with two attached hydrogens (primary N) is 1. The van der Waals surface area contributed by atoms with Crippen molar-refractivity contribution in [3.8, 4) is 5.75 Å². The highest BCUT2D eigenvalue weighted by molar-refractivity contribution is 5.28. The first kappa shape index (κ1) is 13.5. The topological polar surface area (TPSA) is 74.2 Å². The Hall–Kier alpha value is -1.88. The van der Waals surface area contributed by atoms with Crippen LogP contribution in [-0.4, -0.2) is 17.3 Å². The molecule has 0 saturated heterocycles. The summed E-state index contributed by atoms with van der Waals surface area (Å²) in [7, 11) is 1.65. The third-order valence-electron chi connectivity index (χ3n) is 2.92. The molecule has 5 heteroatoms. The van der Waals surface area contributed by atoms with Crippen molar-refractivity contribution >= 4 is 0 Å². The zero-order valence-electron chi connectivity index (χ0n) is 11.3. The molecule has 19 heavy (non-hydrogen) atoms. The molecule has 1 aromatic heterocycles. The lowest BCUT2D eigenvalue weighted by Crippen LogP contribution is -2.10. The zero-order chi connectivity index (χ0) is 13.7. The molecule has 0 amide bonds. The Labute approximate surface area is 112 Å². The molecule has 0 aliphatic rings. The van der Waals surface area contributed by atoms with Gasteiger partial charge in [-0.3, -0.25) is 0 Å². The molecular formula is C14H19N3O2. The number of benzene rings is 1. The third-order valence-corrected chi connectivity index (χ3v) is 2.92. The summed E-state index contributed by atoms with van der Waals surface area (Å²) in [4.78, 5) is 4.33. The van der Waals surface area contributed by atoms with Crippen molar-refractivity contribution in [2.24, 2.45) is 5.73 Å². The molecule has 2 aromatic rings. The van der Waals surface area contributed by atoms with E-state index in [9.17, 15) is 0 Å². The van der Waals surface area contributed by atoms with Crippen LogP contribution in [0.4, 0.5) is 0 Å². The fraction of sp³-hybridized carbons (Fsp3) is 0.429. The number of hydrogen-bond donors (Lipinski definition) is 1. The summed E-state index contributed by atoms with van der Waals surface area (Å²) in [5.74, 6) is 2.01. The summed E-state index contributed by atoms with van der Waals surface area (Å²) in [6, 6.07) is 7.64. The van der Waals surface area contributed by atoms with Gasteiger partial charge in [0.05, 0.1) is 13.2 Å². The first-order chi connectivity index (χ1) is 9.22. The lowest BCUT2D eigenvalue weighted by Gasteiger charge is -2.02. The maximum absolute atomic E-state index is 5.94. The SMILES string of the molecule is CCC[C@@H](N)c1nc(Cc2ccc(OC)cc2)no1. The van der Waals surface area contributed by atoms with E-state index in [-0.39, 0.29) is 6.04 Å². The fourth-order valence-electron chi connectivity index (χ4n) is 1.85. The molecule has 0 radical (unpaired) electrons. The minimum atomic E-state index is -0.165.